The van der Waals surface area contributed by atoms with Gasteiger partial charge >= 0.3 is 0 Å². The molecule has 0 amide bonds. The summed E-state index contributed by atoms with van der Waals surface area (Å²) in [6.45, 7) is 4.88. The maximum absolute atomic E-state index is 9.69. The lowest BCUT2D eigenvalue weighted by Gasteiger charge is -2.34. The number of pyridine rings is 1. The van der Waals surface area contributed by atoms with E-state index in [-0.39, 0.29) is 6.10 Å². The summed E-state index contributed by atoms with van der Waals surface area (Å²) in [4.78, 5) is 6.74. The van der Waals surface area contributed by atoms with Crippen molar-refractivity contribution in [1.29, 1.82) is 0 Å². The average molecular weight is 235 g/mol. The van der Waals surface area contributed by atoms with Gasteiger partial charge in [0.15, 0.2) is 0 Å². The van der Waals surface area contributed by atoms with E-state index in [1.165, 1.54) is 0 Å². The van der Waals surface area contributed by atoms with Crippen molar-refractivity contribution in [2.24, 2.45) is 5.92 Å². The zero-order chi connectivity index (χ0) is 12.3. The van der Waals surface area contributed by atoms with Gasteiger partial charge in [0.05, 0.1) is 11.8 Å². The number of hydrogen-bond donors (Lipinski definition) is 2. The number of rotatable bonds is 3. The molecule has 2 atom stereocenters. The van der Waals surface area contributed by atoms with E-state index in [1.807, 2.05) is 19.3 Å². The Balaban J connectivity index is 1.96. The van der Waals surface area contributed by atoms with Crippen molar-refractivity contribution in [1.82, 2.24) is 9.88 Å². The van der Waals surface area contributed by atoms with Gasteiger partial charge in [-0.15, -0.1) is 0 Å². The van der Waals surface area contributed by atoms with Gasteiger partial charge in [-0.2, -0.15) is 0 Å². The Bertz CT molecular complexity index is 369. The molecule has 2 heterocycles. The zero-order valence-electron chi connectivity index (χ0n) is 10.6. The van der Waals surface area contributed by atoms with Crippen molar-refractivity contribution in [3.8, 4) is 0 Å². The predicted octanol–water partition coefficient (Wildman–Crippen LogP) is 1.33. The minimum absolute atomic E-state index is 0.136. The van der Waals surface area contributed by atoms with Gasteiger partial charge in [0.2, 0.25) is 0 Å². The SMILES string of the molecule is CNc1ccnc(CN2CCC(O)C(C)C2)c1. The van der Waals surface area contributed by atoms with Crippen LogP contribution in [0.5, 0.6) is 0 Å². The van der Waals surface area contributed by atoms with E-state index in [9.17, 15) is 5.11 Å². The first-order chi connectivity index (χ1) is 8.19. The molecule has 1 aliphatic rings. The second-order valence-corrected chi connectivity index (χ2v) is 4.85. The van der Waals surface area contributed by atoms with Gasteiger partial charge in [0.25, 0.3) is 0 Å². The Labute approximate surface area is 103 Å². The van der Waals surface area contributed by atoms with Crippen molar-refractivity contribution >= 4 is 5.69 Å². The Morgan fingerprint density at radius 3 is 3.12 bits per heavy atom. The molecule has 2 N–H and O–H groups in total. The molecule has 4 heteroatoms. The number of anilines is 1. The first-order valence-electron chi connectivity index (χ1n) is 6.22. The molecule has 1 fully saturated rings. The van der Waals surface area contributed by atoms with Gasteiger partial charge in [-0.05, 0) is 24.5 Å². The maximum atomic E-state index is 9.69. The normalized spacial score (nSPS) is 25.8. The molecule has 4 nitrogen and oxygen atoms in total. The van der Waals surface area contributed by atoms with E-state index in [1.54, 1.807) is 0 Å². The molecule has 1 saturated heterocycles. The van der Waals surface area contributed by atoms with E-state index < -0.39 is 0 Å². The van der Waals surface area contributed by atoms with Crippen LogP contribution >= 0.6 is 0 Å². The highest BCUT2D eigenvalue weighted by molar-refractivity contribution is 5.42. The molecule has 94 valence electrons. The first kappa shape index (κ1) is 12.3. The predicted molar refractivity (Wildman–Crippen MR) is 68.8 cm³/mol. The number of hydrogen-bond acceptors (Lipinski definition) is 4. The highest BCUT2D eigenvalue weighted by atomic mass is 16.3. The lowest BCUT2D eigenvalue weighted by atomic mass is 9.97. The van der Waals surface area contributed by atoms with Gasteiger partial charge in [0.1, 0.15) is 0 Å². The van der Waals surface area contributed by atoms with Crippen LogP contribution in [0, 0.1) is 5.92 Å². The Morgan fingerprint density at radius 2 is 2.41 bits per heavy atom. The first-order valence-corrected chi connectivity index (χ1v) is 6.22. The van der Waals surface area contributed by atoms with E-state index in [0.29, 0.717) is 5.92 Å². The Kier molecular flexibility index (Phi) is 3.97. The van der Waals surface area contributed by atoms with Gasteiger partial charge in [-0.3, -0.25) is 9.88 Å². The number of nitrogens with one attached hydrogen (secondary N) is 1. The third kappa shape index (κ3) is 3.17. The third-order valence-electron chi connectivity index (χ3n) is 3.43. The minimum Gasteiger partial charge on any atom is -0.393 e. The second kappa shape index (κ2) is 5.47. The van der Waals surface area contributed by atoms with Crippen molar-refractivity contribution in [2.45, 2.75) is 26.0 Å². The molecule has 0 aliphatic carbocycles. The number of aliphatic hydroxyl groups is 1. The number of likely N-dealkylation sites (tertiary alicyclic amines) is 1. The van der Waals surface area contributed by atoms with E-state index in [2.05, 4.69) is 28.2 Å². The summed E-state index contributed by atoms with van der Waals surface area (Å²) in [5.74, 6) is 0.358. The van der Waals surface area contributed by atoms with Crippen molar-refractivity contribution < 1.29 is 5.11 Å². The fraction of sp³-hybridized carbons (Fsp3) is 0.615. The summed E-state index contributed by atoms with van der Waals surface area (Å²) in [5, 5.41) is 12.8. The Hall–Kier alpha value is -1.13. The van der Waals surface area contributed by atoms with Crippen LogP contribution in [0.15, 0.2) is 18.3 Å². The third-order valence-corrected chi connectivity index (χ3v) is 3.43. The molecular weight excluding hydrogens is 214 g/mol. The standard InChI is InChI=1S/C13H21N3O/c1-10-8-16(6-4-13(10)17)9-12-7-11(14-2)3-5-15-12/h3,5,7,10,13,17H,4,6,8-9H2,1-2H3,(H,14,15). The fourth-order valence-electron chi connectivity index (χ4n) is 2.31. The molecule has 17 heavy (non-hydrogen) atoms. The van der Waals surface area contributed by atoms with Gasteiger partial charge in [-0.25, -0.2) is 0 Å². The van der Waals surface area contributed by atoms with E-state index >= 15 is 0 Å². The van der Waals surface area contributed by atoms with Crippen LogP contribution in [0.3, 0.4) is 0 Å². The highest BCUT2D eigenvalue weighted by Gasteiger charge is 2.24. The summed E-state index contributed by atoms with van der Waals surface area (Å²) >= 11 is 0. The van der Waals surface area contributed by atoms with Crippen LogP contribution in [-0.4, -0.2) is 41.2 Å². The van der Waals surface area contributed by atoms with Crippen LogP contribution in [0.2, 0.25) is 0 Å². The molecule has 0 bridgehead atoms. The van der Waals surface area contributed by atoms with Crippen LogP contribution in [0.4, 0.5) is 5.69 Å². The van der Waals surface area contributed by atoms with E-state index in [4.69, 9.17) is 0 Å². The maximum Gasteiger partial charge on any atom is 0.0590 e. The van der Waals surface area contributed by atoms with Crippen LogP contribution < -0.4 is 5.32 Å². The summed E-state index contributed by atoms with van der Waals surface area (Å²) < 4.78 is 0. The number of piperidine rings is 1. The molecule has 0 aromatic carbocycles. The molecule has 1 aromatic heterocycles. The number of aliphatic hydroxyl groups excluding tert-OH is 1. The number of nitrogens with zero attached hydrogens (tertiary/aromatic N) is 2. The van der Waals surface area contributed by atoms with Crippen molar-refractivity contribution in [3.05, 3.63) is 24.0 Å². The summed E-state index contributed by atoms with van der Waals surface area (Å²) in [7, 11) is 1.92. The summed E-state index contributed by atoms with van der Waals surface area (Å²) in [5.41, 5.74) is 2.18. The largest absolute Gasteiger partial charge is 0.393 e. The van der Waals surface area contributed by atoms with Gasteiger partial charge in [-0.1, -0.05) is 6.92 Å². The smallest absolute Gasteiger partial charge is 0.0590 e. The van der Waals surface area contributed by atoms with E-state index in [0.717, 1.165) is 37.4 Å². The molecule has 2 rings (SSSR count). The quantitative estimate of drug-likeness (QED) is 0.829. The minimum atomic E-state index is -0.136. The van der Waals surface area contributed by atoms with Gasteiger partial charge < -0.3 is 10.4 Å². The molecule has 0 radical (unpaired) electrons. The van der Waals surface area contributed by atoms with Crippen molar-refractivity contribution in [2.75, 3.05) is 25.5 Å². The number of aromatic nitrogens is 1. The lowest BCUT2D eigenvalue weighted by molar-refractivity contribution is 0.0316. The monoisotopic (exact) mass is 235 g/mol. The summed E-state index contributed by atoms with van der Waals surface area (Å²) in [6, 6.07) is 4.04. The second-order valence-electron chi connectivity index (χ2n) is 4.85. The zero-order valence-corrected chi connectivity index (χ0v) is 10.6. The van der Waals surface area contributed by atoms with Gasteiger partial charge in [0, 0.05) is 38.6 Å². The molecular formula is C13H21N3O. The fourth-order valence-corrected chi connectivity index (χ4v) is 2.31. The Morgan fingerprint density at radius 1 is 1.59 bits per heavy atom. The molecule has 0 spiro atoms. The molecule has 2 unspecified atom stereocenters. The lowest BCUT2D eigenvalue weighted by Crippen LogP contribution is -2.41. The molecule has 1 aliphatic heterocycles. The van der Waals surface area contributed by atoms with Crippen LogP contribution in [-0.2, 0) is 6.54 Å². The molecule has 0 saturated carbocycles. The van der Waals surface area contributed by atoms with Crippen LogP contribution in [0.1, 0.15) is 19.0 Å². The molecule has 1 aromatic rings. The highest BCUT2D eigenvalue weighted by Crippen LogP contribution is 2.18. The van der Waals surface area contributed by atoms with Crippen molar-refractivity contribution in [3.63, 3.8) is 0 Å². The van der Waals surface area contributed by atoms with Crippen LogP contribution in [0.25, 0.3) is 0 Å². The average Bonchev–Trinajstić information content (AvgIpc) is 2.34. The summed E-state index contributed by atoms with van der Waals surface area (Å²) in [6.07, 6.45) is 2.57. The topological polar surface area (TPSA) is 48.4 Å².